The number of carbonyl (C=O) groups is 2. The van der Waals surface area contributed by atoms with E-state index in [1.807, 2.05) is 90.5 Å². The fraction of sp³-hybridized carbons (Fsp3) is 0.167. The number of nitrogens with zero attached hydrogens (tertiary/aromatic N) is 1. The highest BCUT2D eigenvalue weighted by Crippen LogP contribution is 2.13. The van der Waals surface area contributed by atoms with Gasteiger partial charge in [-0.1, -0.05) is 66.2 Å². The van der Waals surface area contributed by atoms with E-state index < -0.39 is 5.97 Å². The van der Waals surface area contributed by atoms with E-state index in [4.69, 9.17) is 5.11 Å². The molecule has 0 bridgehead atoms. The number of aliphatic carboxylic acids is 1. The van der Waals surface area contributed by atoms with Crippen molar-refractivity contribution in [1.82, 2.24) is 4.57 Å². The van der Waals surface area contributed by atoms with Crippen LogP contribution in [0.3, 0.4) is 0 Å². The average Bonchev–Trinajstić information content (AvgIpc) is 3.15. The van der Waals surface area contributed by atoms with Gasteiger partial charge in [-0.3, -0.25) is 9.59 Å². The lowest BCUT2D eigenvalue weighted by atomic mass is 10.1. The van der Waals surface area contributed by atoms with Crippen molar-refractivity contribution in [2.45, 2.75) is 26.3 Å². The monoisotopic (exact) mass is 373 g/mol. The van der Waals surface area contributed by atoms with Crippen LogP contribution in [-0.2, 0) is 17.8 Å². The molecule has 0 atom stereocenters. The van der Waals surface area contributed by atoms with Gasteiger partial charge in [0.25, 0.3) is 0 Å². The molecule has 1 N–H and O–H groups in total. The molecule has 0 spiro atoms. The molecule has 4 heteroatoms. The van der Waals surface area contributed by atoms with Gasteiger partial charge in [-0.15, -0.1) is 0 Å². The van der Waals surface area contributed by atoms with Crippen molar-refractivity contribution in [1.29, 1.82) is 0 Å². The highest BCUT2D eigenvalue weighted by atomic mass is 16.4. The normalized spacial score (nSPS) is 11.0. The molecule has 28 heavy (non-hydrogen) atoms. The van der Waals surface area contributed by atoms with Crippen molar-refractivity contribution in [3.63, 3.8) is 0 Å². The summed E-state index contributed by atoms with van der Waals surface area (Å²) in [5.41, 5.74) is 4.48. The predicted molar refractivity (Wildman–Crippen MR) is 110 cm³/mol. The first kappa shape index (κ1) is 19.4. The highest BCUT2D eigenvalue weighted by Gasteiger charge is 2.12. The van der Waals surface area contributed by atoms with Gasteiger partial charge in [-0.25, -0.2) is 0 Å². The molecule has 0 aliphatic carbocycles. The summed E-state index contributed by atoms with van der Waals surface area (Å²) < 4.78 is 1.92. The van der Waals surface area contributed by atoms with Crippen molar-refractivity contribution in [3.8, 4) is 0 Å². The third kappa shape index (κ3) is 5.07. The van der Waals surface area contributed by atoms with Crippen LogP contribution >= 0.6 is 0 Å². The maximum absolute atomic E-state index is 12.8. The van der Waals surface area contributed by atoms with Gasteiger partial charge >= 0.3 is 5.97 Å². The van der Waals surface area contributed by atoms with Gasteiger partial charge in [-0.05, 0) is 36.6 Å². The van der Waals surface area contributed by atoms with Gasteiger partial charge in [0.15, 0.2) is 0 Å². The van der Waals surface area contributed by atoms with Crippen molar-refractivity contribution in [3.05, 3.63) is 101 Å². The first-order valence-electron chi connectivity index (χ1n) is 9.27. The molecule has 3 rings (SSSR count). The Hall–Kier alpha value is -3.40. The molecule has 0 fully saturated rings. The summed E-state index contributed by atoms with van der Waals surface area (Å²) >= 11 is 0. The molecule has 0 amide bonds. The first-order chi connectivity index (χ1) is 13.5. The zero-order valence-corrected chi connectivity index (χ0v) is 15.8. The number of aryl methyl sites for hydroxylation is 2. The molecule has 2 aromatic carbocycles. The standard InChI is InChI=1S/C24H23NO3/c1-18-9-12-21(13-10-18)24(28)22-8-4-16-25(22)15-3-7-19-5-2-6-20(17-19)11-14-23(26)27/h2-10,12-13,16-17H,11,14-15H2,1H3,(H,26,27). The summed E-state index contributed by atoms with van der Waals surface area (Å²) in [5, 5.41) is 8.81. The summed E-state index contributed by atoms with van der Waals surface area (Å²) in [6, 6.07) is 19.1. The fourth-order valence-corrected chi connectivity index (χ4v) is 3.04. The Morgan fingerprint density at radius 2 is 1.82 bits per heavy atom. The molecular formula is C24H23NO3. The van der Waals surface area contributed by atoms with Gasteiger partial charge in [0.2, 0.25) is 5.78 Å². The minimum absolute atomic E-state index is 0.00840. The van der Waals surface area contributed by atoms with E-state index in [0.717, 1.165) is 16.7 Å². The van der Waals surface area contributed by atoms with Crippen molar-refractivity contribution in [2.75, 3.05) is 0 Å². The van der Waals surface area contributed by atoms with Crippen LogP contribution in [0.4, 0.5) is 0 Å². The van der Waals surface area contributed by atoms with Crippen LogP contribution in [0.5, 0.6) is 0 Å². The van der Waals surface area contributed by atoms with E-state index in [0.29, 0.717) is 24.2 Å². The second kappa shape index (κ2) is 9.00. The Kier molecular flexibility index (Phi) is 6.22. The highest BCUT2D eigenvalue weighted by molar-refractivity contribution is 6.08. The van der Waals surface area contributed by atoms with Crippen molar-refractivity contribution < 1.29 is 14.7 Å². The number of benzene rings is 2. The van der Waals surface area contributed by atoms with Crippen LogP contribution in [0.25, 0.3) is 6.08 Å². The van der Waals surface area contributed by atoms with E-state index in [1.165, 1.54) is 0 Å². The number of hydrogen-bond donors (Lipinski definition) is 1. The molecule has 3 aromatic rings. The third-order valence-electron chi connectivity index (χ3n) is 4.57. The molecule has 0 aliphatic heterocycles. The van der Waals surface area contributed by atoms with Gasteiger partial charge < -0.3 is 9.67 Å². The SMILES string of the molecule is Cc1ccc(C(=O)c2cccn2CC=Cc2cccc(CCC(=O)O)c2)cc1. The van der Waals surface area contributed by atoms with E-state index in [2.05, 4.69) is 0 Å². The molecule has 0 saturated carbocycles. The molecule has 0 aliphatic rings. The van der Waals surface area contributed by atoms with E-state index >= 15 is 0 Å². The number of hydrogen-bond acceptors (Lipinski definition) is 2. The van der Waals surface area contributed by atoms with Crippen molar-refractivity contribution >= 4 is 17.8 Å². The smallest absolute Gasteiger partial charge is 0.303 e. The van der Waals surface area contributed by atoms with Gasteiger partial charge in [0, 0.05) is 24.7 Å². The van der Waals surface area contributed by atoms with Gasteiger partial charge in [0.1, 0.15) is 0 Å². The first-order valence-corrected chi connectivity index (χ1v) is 9.27. The minimum atomic E-state index is -0.792. The molecule has 1 heterocycles. The maximum Gasteiger partial charge on any atom is 0.303 e. The average molecular weight is 373 g/mol. The lowest BCUT2D eigenvalue weighted by Crippen LogP contribution is -2.09. The number of allylic oxidation sites excluding steroid dienone is 1. The molecule has 0 radical (unpaired) electrons. The number of carboxylic acids is 1. The second-order valence-electron chi connectivity index (χ2n) is 6.78. The lowest BCUT2D eigenvalue weighted by Gasteiger charge is -2.07. The lowest BCUT2D eigenvalue weighted by molar-refractivity contribution is -0.136. The van der Waals surface area contributed by atoms with Crippen LogP contribution in [0.2, 0.25) is 0 Å². The molecule has 142 valence electrons. The van der Waals surface area contributed by atoms with E-state index in [1.54, 1.807) is 0 Å². The summed E-state index contributed by atoms with van der Waals surface area (Å²) in [6.07, 6.45) is 6.53. The number of carboxylic acid groups (broad SMARTS) is 1. The van der Waals surface area contributed by atoms with Crippen LogP contribution in [0.15, 0.2) is 72.9 Å². The number of rotatable bonds is 8. The fourth-order valence-electron chi connectivity index (χ4n) is 3.04. The molecular weight excluding hydrogens is 350 g/mol. The van der Waals surface area contributed by atoms with Crippen LogP contribution in [0.1, 0.15) is 39.2 Å². The summed E-state index contributed by atoms with van der Waals surface area (Å²) in [7, 11) is 0. The minimum Gasteiger partial charge on any atom is -0.481 e. The summed E-state index contributed by atoms with van der Waals surface area (Å²) in [6.45, 7) is 2.58. The van der Waals surface area contributed by atoms with Crippen LogP contribution < -0.4 is 0 Å². The predicted octanol–water partition coefficient (Wildman–Crippen LogP) is 4.76. The van der Waals surface area contributed by atoms with Gasteiger partial charge in [0.05, 0.1) is 5.69 Å². The van der Waals surface area contributed by atoms with E-state index in [-0.39, 0.29) is 12.2 Å². The van der Waals surface area contributed by atoms with Crippen LogP contribution in [-0.4, -0.2) is 21.4 Å². The Labute approximate surface area is 164 Å². The third-order valence-corrected chi connectivity index (χ3v) is 4.57. The second-order valence-corrected chi connectivity index (χ2v) is 6.78. The summed E-state index contributed by atoms with van der Waals surface area (Å²) in [4.78, 5) is 23.5. The molecule has 1 aromatic heterocycles. The Morgan fingerprint density at radius 3 is 2.57 bits per heavy atom. The number of ketones is 1. The quantitative estimate of drug-likeness (QED) is 0.579. The van der Waals surface area contributed by atoms with Gasteiger partial charge in [-0.2, -0.15) is 0 Å². The molecule has 0 unspecified atom stereocenters. The molecule has 0 saturated heterocycles. The number of carbonyl (C=O) groups excluding carboxylic acids is 1. The van der Waals surface area contributed by atoms with E-state index in [9.17, 15) is 9.59 Å². The summed E-state index contributed by atoms with van der Waals surface area (Å²) in [5.74, 6) is -0.784. The zero-order chi connectivity index (χ0) is 19.9. The zero-order valence-electron chi connectivity index (χ0n) is 15.8. The molecule has 4 nitrogen and oxygen atoms in total. The Morgan fingerprint density at radius 1 is 1.04 bits per heavy atom. The topological polar surface area (TPSA) is 59.3 Å². The Balaban J connectivity index is 1.68. The number of aromatic nitrogens is 1. The maximum atomic E-state index is 12.8. The van der Waals surface area contributed by atoms with Crippen LogP contribution in [0, 0.1) is 6.92 Å². The largest absolute Gasteiger partial charge is 0.481 e. The Bertz CT molecular complexity index is 997. The van der Waals surface area contributed by atoms with Crippen molar-refractivity contribution in [2.24, 2.45) is 0 Å².